The molecule has 0 aliphatic rings. The van der Waals surface area contributed by atoms with Gasteiger partial charge in [-0.05, 0) is 6.07 Å². The molecule has 0 unspecified atom stereocenters. The van der Waals surface area contributed by atoms with Crippen LogP contribution in [0.3, 0.4) is 0 Å². The molecule has 1 rings (SSSR count). The fraction of sp³-hybridized carbons (Fsp3) is 0.444. The number of aliphatic hydroxyl groups excluding tert-OH is 1. The number of halogens is 5. The van der Waals surface area contributed by atoms with E-state index in [0.717, 1.165) is 7.11 Å². The topological polar surface area (TPSA) is 42.4 Å². The van der Waals surface area contributed by atoms with Gasteiger partial charge in [0.25, 0.3) is 6.43 Å². The largest absolute Gasteiger partial charge is 0.494 e. The Labute approximate surface area is 92.8 Å². The van der Waals surface area contributed by atoms with Crippen LogP contribution in [0.4, 0.5) is 22.0 Å². The van der Waals surface area contributed by atoms with Crippen molar-refractivity contribution in [3.8, 4) is 5.75 Å². The normalized spacial score (nSPS) is 12.0. The van der Waals surface area contributed by atoms with E-state index in [2.05, 4.69) is 9.72 Å². The second kappa shape index (κ2) is 4.82. The van der Waals surface area contributed by atoms with Crippen molar-refractivity contribution < 1.29 is 31.8 Å². The van der Waals surface area contributed by atoms with Crippen LogP contribution in [0.5, 0.6) is 5.75 Å². The number of alkyl halides is 5. The smallest absolute Gasteiger partial charge is 0.437 e. The predicted molar refractivity (Wildman–Crippen MR) is 46.7 cm³/mol. The minimum absolute atomic E-state index is 0.398. The average molecular weight is 257 g/mol. The van der Waals surface area contributed by atoms with Crippen LogP contribution in [0.25, 0.3) is 0 Å². The molecule has 96 valence electrons. The average Bonchev–Trinajstić information content (AvgIpc) is 2.25. The summed E-state index contributed by atoms with van der Waals surface area (Å²) in [5, 5.41) is 8.77. The Morgan fingerprint density at radius 2 is 2.00 bits per heavy atom. The molecule has 0 aliphatic carbocycles. The van der Waals surface area contributed by atoms with Gasteiger partial charge in [0.1, 0.15) is 11.4 Å². The van der Waals surface area contributed by atoms with Crippen molar-refractivity contribution in [3.63, 3.8) is 0 Å². The number of ether oxygens (including phenoxy) is 1. The number of rotatable bonds is 3. The summed E-state index contributed by atoms with van der Waals surface area (Å²) in [7, 11) is 0.954. The van der Waals surface area contributed by atoms with Crippen LogP contribution >= 0.6 is 0 Å². The molecule has 1 N–H and O–H groups in total. The lowest BCUT2D eigenvalue weighted by Crippen LogP contribution is -2.14. The van der Waals surface area contributed by atoms with Crippen LogP contribution in [0.15, 0.2) is 6.07 Å². The SMILES string of the molecule is COc1cc(CO)c(C(F)F)nc1C(F)(F)F. The molecule has 0 aliphatic heterocycles. The summed E-state index contributed by atoms with van der Waals surface area (Å²) in [4.78, 5) is 2.83. The highest BCUT2D eigenvalue weighted by Gasteiger charge is 2.38. The first-order valence-electron chi connectivity index (χ1n) is 4.35. The highest BCUT2D eigenvalue weighted by molar-refractivity contribution is 5.37. The van der Waals surface area contributed by atoms with E-state index in [4.69, 9.17) is 5.11 Å². The summed E-state index contributed by atoms with van der Waals surface area (Å²) in [6.45, 7) is -0.846. The standard InChI is InChI=1S/C9H8F5NO2/c1-17-5-2-4(3-16)6(8(10)11)15-7(5)9(12,13)14/h2,8,16H,3H2,1H3. The maximum Gasteiger partial charge on any atom is 0.437 e. The first-order valence-corrected chi connectivity index (χ1v) is 4.35. The summed E-state index contributed by atoms with van der Waals surface area (Å²) in [5.41, 5.74) is -3.03. The van der Waals surface area contributed by atoms with Gasteiger partial charge in [0.2, 0.25) is 0 Å². The first-order chi connectivity index (χ1) is 7.81. The van der Waals surface area contributed by atoms with Gasteiger partial charge in [-0.25, -0.2) is 13.8 Å². The van der Waals surface area contributed by atoms with Gasteiger partial charge in [-0.1, -0.05) is 0 Å². The van der Waals surface area contributed by atoms with Crippen molar-refractivity contribution in [2.24, 2.45) is 0 Å². The summed E-state index contributed by atoms with van der Waals surface area (Å²) in [6, 6.07) is 0.706. The van der Waals surface area contributed by atoms with E-state index in [1.54, 1.807) is 0 Å². The number of aromatic nitrogens is 1. The van der Waals surface area contributed by atoms with Crippen molar-refractivity contribution in [1.82, 2.24) is 4.98 Å². The van der Waals surface area contributed by atoms with Crippen LogP contribution in [-0.2, 0) is 12.8 Å². The summed E-state index contributed by atoms with van der Waals surface area (Å²) in [6.07, 6.45) is -8.10. The maximum atomic E-state index is 12.5. The molecular weight excluding hydrogens is 249 g/mol. The molecule has 0 aromatic carbocycles. The van der Waals surface area contributed by atoms with Gasteiger partial charge in [-0.3, -0.25) is 0 Å². The molecule has 3 nitrogen and oxygen atoms in total. The molecule has 0 saturated heterocycles. The minimum atomic E-state index is -4.90. The quantitative estimate of drug-likeness (QED) is 0.846. The molecule has 0 atom stereocenters. The second-order valence-electron chi connectivity index (χ2n) is 3.04. The number of methoxy groups -OCH3 is 1. The van der Waals surface area contributed by atoms with Crippen LogP contribution in [0.2, 0.25) is 0 Å². The van der Waals surface area contributed by atoms with E-state index in [-0.39, 0.29) is 0 Å². The van der Waals surface area contributed by atoms with Crippen molar-refractivity contribution >= 4 is 0 Å². The predicted octanol–water partition coefficient (Wildman–Crippen LogP) is 2.54. The molecule has 0 amide bonds. The molecule has 1 aromatic rings. The number of nitrogens with zero attached hydrogens (tertiary/aromatic N) is 1. The van der Waals surface area contributed by atoms with Crippen LogP contribution in [-0.4, -0.2) is 17.2 Å². The summed E-state index contributed by atoms with van der Waals surface area (Å²) < 4.78 is 66.7. The van der Waals surface area contributed by atoms with E-state index in [9.17, 15) is 22.0 Å². The third-order valence-corrected chi connectivity index (χ3v) is 1.97. The monoisotopic (exact) mass is 257 g/mol. The Bertz CT molecular complexity index is 405. The Morgan fingerprint density at radius 3 is 2.35 bits per heavy atom. The molecule has 0 radical (unpaired) electrons. The van der Waals surface area contributed by atoms with Gasteiger partial charge in [0.15, 0.2) is 5.69 Å². The van der Waals surface area contributed by atoms with Crippen LogP contribution < -0.4 is 4.74 Å². The Balaban J connectivity index is 3.45. The van der Waals surface area contributed by atoms with E-state index in [1.807, 2.05) is 0 Å². The zero-order chi connectivity index (χ0) is 13.2. The molecule has 0 saturated carbocycles. The van der Waals surface area contributed by atoms with Gasteiger partial charge >= 0.3 is 6.18 Å². The van der Waals surface area contributed by atoms with E-state index in [0.29, 0.717) is 6.07 Å². The third-order valence-electron chi connectivity index (χ3n) is 1.97. The molecule has 1 heterocycles. The molecule has 1 aromatic heterocycles. The van der Waals surface area contributed by atoms with Crippen molar-refractivity contribution in [2.75, 3.05) is 7.11 Å². The molecular formula is C9H8F5NO2. The second-order valence-corrected chi connectivity index (χ2v) is 3.04. The number of hydrogen-bond acceptors (Lipinski definition) is 3. The van der Waals surface area contributed by atoms with Gasteiger partial charge in [0, 0.05) is 5.56 Å². The Morgan fingerprint density at radius 1 is 1.41 bits per heavy atom. The minimum Gasteiger partial charge on any atom is -0.494 e. The fourth-order valence-electron chi connectivity index (χ4n) is 1.22. The van der Waals surface area contributed by atoms with Crippen LogP contribution in [0.1, 0.15) is 23.4 Å². The highest BCUT2D eigenvalue weighted by atomic mass is 19.4. The molecule has 0 spiro atoms. The molecule has 17 heavy (non-hydrogen) atoms. The maximum absolute atomic E-state index is 12.5. The lowest BCUT2D eigenvalue weighted by atomic mass is 10.1. The lowest BCUT2D eigenvalue weighted by Gasteiger charge is -2.14. The Kier molecular flexibility index (Phi) is 3.87. The molecule has 8 heteroatoms. The van der Waals surface area contributed by atoms with Gasteiger partial charge in [0.05, 0.1) is 13.7 Å². The summed E-state index contributed by atoms with van der Waals surface area (Å²) in [5.74, 6) is -0.703. The van der Waals surface area contributed by atoms with E-state index < -0.39 is 41.9 Å². The molecule has 0 fully saturated rings. The number of pyridine rings is 1. The lowest BCUT2D eigenvalue weighted by molar-refractivity contribution is -0.142. The zero-order valence-corrected chi connectivity index (χ0v) is 8.55. The number of aliphatic hydroxyl groups is 1. The van der Waals surface area contributed by atoms with E-state index >= 15 is 0 Å². The van der Waals surface area contributed by atoms with Gasteiger partial charge < -0.3 is 9.84 Å². The fourth-order valence-corrected chi connectivity index (χ4v) is 1.22. The van der Waals surface area contributed by atoms with Crippen molar-refractivity contribution in [1.29, 1.82) is 0 Å². The van der Waals surface area contributed by atoms with Crippen LogP contribution in [0, 0.1) is 0 Å². The van der Waals surface area contributed by atoms with Crippen molar-refractivity contribution in [2.45, 2.75) is 19.2 Å². The van der Waals surface area contributed by atoms with Gasteiger partial charge in [-0.2, -0.15) is 13.2 Å². The van der Waals surface area contributed by atoms with Gasteiger partial charge in [-0.15, -0.1) is 0 Å². The van der Waals surface area contributed by atoms with E-state index in [1.165, 1.54) is 0 Å². The zero-order valence-electron chi connectivity index (χ0n) is 8.55. The molecule has 0 bridgehead atoms. The third kappa shape index (κ3) is 2.82. The van der Waals surface area contributed by atoms with Crippen molar-refractivity contribution in [3.05, 3.63) is 23.0 Å². The first kappa shape index (κ1) is 13.6. The Hall–Kier alpha value is -1.44. The number of hydrogen-bond donors (Lipinski definition) is 1. The highest BCUT2D eigenvalue weighted by Crippen LogP contribution is 2.37. The summed E-state index contributed by atoms with van der Waals surface area (Å²) >= 11 is 0.